The normalized spacial score (nSPS) is 27.7. The highest BCUT2D eigenvalue weighted by Crippen LogP contribution is 2.38. The van der Waals surface area contributed by atoms with Gasteiger partial charge in [-0.15, -0.1) is 0 Å². The molecule has 29 heavy (non-hydrogen) atoms. The second-order valence-corrected chi connectivity index (χ2v) is 9.28. The lowest BCUT2D eigenvalue weighted by Crippen LogP contribution is -2.42. The van der Waals surface area contributed by atoms with Gasteiger partial charge in [0.15, 0.2) is 0 Å². The number of urea groups is 1. The number of nitrogens with one attached hydrogen (secondary N) is 1. The predicted molar refractivity (Wildman–Crippen MR) is 105 cm³/mol. The van der Waals surface area contributed by atoms with Crippen molar-refractivity contribution in [2.75, 3.05) is 6.54 Å². The van der Waals surface area contributed by atoms with Gasteiger partial charge in [0.1, 0.15) is 24.0 Å². The van der Waals surface area contributed by atoms with Gasteiger partial charge in [0, 0.05) is 0 Å². The number of rotatable bonds is 4. The molecule has 1 saturated heterocycles. The van der Waals surface area contributed by atoms with Crippen molar-refractivity contribution in [2.45, 2.75) is 65.0 Å². The molecule has 2 aliphatic rings. The van der Waals surface area contributed by atoms with Gasteiger partial charge in [-0.05, 0) is 61.6 Å². The molecule has 0 bridgehead atoms. The molecule has 0 radical (unpaired) electrons. The predicted octanol–water partition coefficient (Wildman–Crippen LogP) is 3.74. The Hall–Kier alpha value is -2.44. The average molecular weight is 404 g/mol. The fourth-order valence-corrected chi connectivity index (χ4v) is 4.22. The van der Waals surface area contributed by atoms with E-state index in [-0.39, 0.29) is 11.5 Å². The number of ether oxygens (including phenoxy) is 1. The van der Waals surface area contributed by atoms with Crippen LogP contribution in [0.1, 0.15) is 58.9 Å². The fourth-order valence-electron chi connectivity index (χ4n) is 4.22. The minimum Gasteiger partial charge on any atom is -0.461 e. The Morgan fingerprint density at radius 2 is 1.76 bits per heavy atom. The lowest BCUT2D eigenvalue weighted by molar-refractivity contribution is -0.154. The molecule has 7 heteroatoms. The van der Waals surface area contributed by atoms with Crippen LogP contribution >= 0.6 is 0 Å². The third-order valence-electron chi connectivity index (χ3n) is 6.18. The minimum atomic E-state index is -1.34. The number of hydrogen-bond donors (Lipinski definition) is 1. The van der Waals surface area contributed by atoms with Crippen LogP contribution in [0.5, 0.6) is 0 Å². The van der Waals surface area contributed by atoms with E-state index < -0.39 is 35.8 Å². The van der Waals surface area contributed by atoms with Crippen LogP contribution in [0.2, 0.25) is 0 Å². The third-order valence-corrected chi connectivity index (χ3v) is 6.18. The Labute approximate surface area is 170 Å². The summed E-state index contributed by atoms with van der Waals surface area (Å²) in [6.07, 6.45) is 3.40. The summed E-state index contributed by atoms with van der Waals surface area (Å²) in [5.41, 5.74) is -0.649. The first-order valence-corrected chi connectivity index (χ1v) is 10.1. The highest BCUT2D eigenvalue weighted by atomic mass is 19.1. The molecule has 1 atom stereocenters. The summed E-state index contributed by atoms with van der Waals surface area (Å²) in [7, 11) is 0. The molecule has 6 nitrogen and oxygen atoms in total. The maximum Gasteiger partial charge on any atom is 0.326 e. The van der Waals surface area contributed by atoms with Crippen LogP contribution in [0.15, 0.2) is 24.3 Å². The Kier molecular flexibility index (Phi) is 5.70. The molecule has 2 fully saturated rings. The molecule has 1 aromatic carbocycles. The monoisotopic (exact) mass is 404 g/mol. The number of nitrogens with zero attached hydrogens (tertiary/aromatic N) is 1. The molecule has 158 valence electrons. The quantitative estimate of drug-likeness (QED) is 0.613. The zero-order valence-electron chi connectivity index (χ0n) is 17.5. The number of carbonyl (C=O) groups is 3. The van der Waals surface area contributed by atoms with Crippen LogP contribution in [0.25, 0.3) is 0 Å². The largest absolute Gasteiger partial charge is 0.461 e. The lowest BCUT2D eigenvalue weighted by atomic mass is 9.72. The molecule has 1 unspecified atom stereocenters. The average Bonchev–Trinajstić information content (AvgIpc) is 2.86. The molecular weight excluding hydrogens is 375 g/mol. The van der Waals surface area contributed by atoms with E-state index in [1.807, 2.05) is 0 Å². The molecule has 1 saturated carbocycles. The van der Waals surface area contributed by atoms with E-state index >= 15 is 0 Å². The Balaban J connectivity index is 1.59. The number of esters is 1. The molecule has 3 amide bonds. The lowest BCUT2D eigenvalue weighted by Gasteiger charge is -2.36. The first-order valence-electron chi connectivity index (χ1n) is 10.1. The van der Waals surface area contributed by atoms with Gasteiger partial charge < -0.3 is 10.1 Å². The fraction of sp³-hybridized carbons (Fsp3) is 0.591. The molecule has 1 aromatic rings. The van der Waals surface area contributed by atoms with Crippen molar-refractivity contribution in [3.05, 3.63) is 35.6 Å². The van der Waals surface area contributed by atoms with E-state index in [1.54, 1.807) is 6.92 Å². The smallest absolute Gasteiger partial charge is 0.326 e. The van der Waals surface area contributed by atoms with E-state index in [1.165, 1.54) is 24.3 Å². The second kappa shape index (κ2) is 7.76. The molecule has 1 aliphatic carbocycles. The van der Waals surface area contributed by atoms with Crippen molar-refractivity contribution in [3.8, 4) is 0 Å². The van der Waals surface area contributed by atoms with Crippen molar-refractivity contribution >= 4 is 17.9 Å². The molecule has 1 heterocycles. The van der Waals surface area contributed by atoms with Crippen LogP contribution in [0, 0.1) is 17.2 Å². The van der Waals surface area contributed by atoms with E-state index in [2.05, 4.69) is 26.1 Å². The van der Waals surface area contributed by atoms with Gasteiger partial charge in [0.2, 0.25) is 0 Å². The number of benzene rings is 1. The minimum absolute atomic E-state index is 0.176. The zero-order valence-corrected chi connectivity index (χ0v) is 17.5. The van der Waals surface area contributed by atoms with Gasteiger partial charge in [0.25, 0.3) is 5.91 Å². The highest BCUT2D eigenvalue weighted by Gasteiger charge is 2.49. The SMILES string of the molecule is CC1(c2ccc(F)cc2)NC(=O)N(CC(=O)OC2CCC(C(C)(C)C)CC2)C1=O. The van der Waals surface area contributed by atoms with Gasteiger partial charge in [-0.25, -0.2) is 9.18 Å². The van der Waals surface area contributed by atoms with E-state index in [4.69, 9.17) is 4.74 Å². The summed E-state index contributed by atoms with van der Waals surface area (Å²) in [5, 5.41) is 2.60. The molecule has 3 rings (SSSR count). The van der Waals surface area contributed by atoms with E-state index in [0.29, 0.717) is 11.5 Å². The van der Waals surface area contributed by atoms with Gasteiger partial charge in [0.05, 0.1) is 0 Å². The summed E-state index contributed by atoms with van der Waals surface area (Å²) in [4.78, 5) is 38.4. The first-order chi connectivity index (χ1) is 13.5. The molecule has 0 spiro atoms. The maximum absolute atomic E-state index is 13.2. The second-order valence-electron chi connectivity index (χ2n) is 9.28. The van der Waals surface area contributed by atoms with Crippen molar-refractivity contribution in [1.29, 1.82) is 0 Å². The molecule has 1 aliphatic heterocycles. The van der Waals surface area contributed by atoms with Crippen LogP contribution in [-0.4, -0.2) is 35.5 Å². The number of imide groups is 1. The maximum atomic E-state index is 13.2. The highest BCUT2D eigenvalue weighted by molar-refractivity contribution is 6.08. The van der Waals surface area contributed by atoms with Crippen LogP contribution in [0.4, 0.5) is 9.18 Å². The van der Waals surface area contributed by atoms with E-state index in [9.17, 15) is 18.8 Å². The van der Waals surface area contributed by atoms with Crippen LogP contribution < -0.4 is 5.32 Å². The van der Waals surface area contributed by atoms with Gasteiger partial charge in [-0.1, -0.05) is 32.9 Å². The van der Waals surface area contributed by atoms with Gasteiger partial charge >= 0.3 is 12.0 Å². The van der Waals surface area contributed by atoms with Crippen molar-refractivity contribution in [1.82, 2.24) is 10.2 Å². The molecule has 1 N–H and O–H groups in total. The Morgan fingerprint density at radius 1 is 1.17 bits per heavy atom. The summed E-state index contributed by atoms with van der Waals surface area (Å²) in [6.45, 7) is 7.78. The first kappa shape index (κ1) is 21.3. The molecular formula is C22H29FN2O4. The summed E-state index contributed by atoms with van der Waals surface area (Å²) in [5.74, 6) is -0.978. The van der Waals surface area contributed by atoms with Crippen LogP contribution in [-0.2, 0) is 19.9 Å². The summed E-state index contributed by atoms with van der Waals surface area (Å²) < 4.78 is 18.7. The van der Waals surface area contributed by atoms with Gasteiger partial charge in [-0.3, -0.25) is 14.5 Å². The van der Waals surface area contributed by atoms with Gasteiger partial charge in [-0.2, -0.15) is 0 Å². The number of carbonyl (C=O) groups excluding carboxylic acids is 3. The summed E-state index contributed by atoms with van der Waals surface area (Å²) >= 11 is 0. The number of halogens is 1. The zero-order chi connectivity index (χ0) is 21.4. The Bertz CT molecular complexity index is 794. The topological polar surface area (TPSA) is 75.7 Å². The van der Waals surface area contributed by atoms with Crippen LogP contribution in [0.3, 0.4) is 0 Å². The van der Waals surface area contributed by atoms with E-state index in [0.717, 1.165) is 30.6 Å². The standard InChI is InChI=1S/C22H29FN2O4/c1-21(2,3)14-7-11-17(12-8-14)29-18(26)13-25-19(27)22(4,24-20(25)28)15-5-9-16(23)10-6-15/h5-6,9-10,14,17H,7-8,11-13H2,1-4H3,(H,24,28). The van der Waals surface area contributed by atoms with Crippen molar-refractivity contribution in [2.24, 2.45) is 11.3 Å². The third kappa shape index (κ3) is 4.43. The van der Waals surface area contributed by atoms with Crippen molar-refractivity contribution < 1.29 is 23.5 Å². The Morgan fingerprint density at radius 3 is 2.31 bits per heavy atom. The molecule has 0 aromatic heterocycles. The number of amides is 3. The van der Waals surface area contributed by atoms with Crippen molar-refractivity contribution in [3.63, 3.8) is 0 Å². The summed E-state index contributed by atoms with van der Waals surface area (Å²) in [6, 6.07) is 4.69. The number of hydrogen-bond acceptors (Lipinski definition) is 4.